The van der Waals surface area contributed by atoms with Crippen LogP contribution in [0, 0.1) is 0 Å². The SMILES string of the molecule is CCOC(=O)c1ccc(OC(CCN2C(=O)c3ccccc3C2=O)c2ccccc2)cc1. The summed E-state index contributed by atoms with van der Waals surface area (Å²) in [6.45, 7) is 2.30. The van der Waals surface area contributed by atoms with E-state index in [1.807, 2.05) is 30.3 Å². The second kappa shape index (κ2) is 9.47. The molecule has 0 saturated heterocycles. The van der Waals surface area contributed by atoms with E-state index in [-0.39, 0.29) is 30.4 Å². The van der Waals surface area contributed by atoms with Crippen LogP contribution in [0.1, 0.15) is 56.1 Å². The third kappa shape index (κ3) is 4.39. The van der Waals surface area contributed by atoms with Crippen molar-refractivity contribution in [2.45, 2.75) is 19.4 Å². The van der Waals surface area contributed by atoms with Crippen LogP contribution in [-0.2, 0) is 4.74 Å². The number of amides is 2. The van der Waals surface area contributed by atoms with E-state index in [0.29, 0.717) is 35.5 Å². The number of nitrogens with zero attached hydrogens (tertiary/aromatic N) is 1. The molecule has 0 bridgehead atoms. The van der Waals surface area contributed by atoms with E-state index < -0.39 is 0 Å². The molecule has 0 aromatic heterocycles. The first kappa shape index (κ1) is 21.3. The molecule has 0 saturated carbocycles. The van der Waals surface area contributed by atoms with Gasteiger partial charge in [-0.25, -0.2) is 4.79 Å². The molecule has 2 amide bonds. The monoisotopic (exact) mass is 429 g/mol. The molecule has 1 aliphatic rings. The highest BCUT2D eigenvalue weighted by atomic mass is 16.5. The molecular weight excluding hydrogens is 406 g/mol. The molecule has 1 unspecified atom stereocenters. The lowest BCUT2D eigenvalue weighted by molar-refractivity contribution is 0.0525. The Kier molecular flexibility index (Phi) is 6.31. The standard InChI is InChI=1S/C26H23NO5/c1-2-31-26(30)19-12-14-20(15-13-19)32-23(18-8-4-3-5-9-18)16-17-27-24(28)21-10-6-7-11-22(21)25(27)29/h3-15,23H,2,16-17H2,1H3. The topological polar surface area (TPSA) is 72.9 Å². The molecule has 6 nitrogen and oxygen atoms in total. The maximum Gasteiger partial charge on any atom is 0.338 e. The molecule has 0 radical (unpaired) electrons. The second-order valence-electron chi connectivity index (χ2n) is 7.36. The quantitative estimate of drug-likeness (QED) is 0.384. The maximum absolute atomic E-state index is 12.7. The number of ether oxygens (including phenoxy) is 2. The van der Waals surface area contributed by atoms with Crippen LogP contribution in [0.4, 0.5) is 0 Å². The molecular formula is C26H23NO5. The molecule has 0 N–H and O–H groups in total. The molecule has 4 rings (SSSR count). The van der Waals surface area contributed by atoms with Gasteiger partial charge in [-0.3, -0.25) is 14.5 Å². The van der Waals surface area contributed by atoms with Gasteiger partial charge in [-0.05, 0) is 48.9 Å². The van der Waals surface area contributed by atoms with Crippen molar-refractivity contribution in [2.24, 2.45) is 0 Å². The molecule has 0 spiro atoms. The van der Waals surface area contributed by atoms with Crippen molar-refractivity contribution in [3.8, 4) is 5.75 Å². The summed E-state index contributed by atoms with van der Waals surface area (Å²) in [6, 6.07) is 23.2. The molecule has 1 atom stereocenters. The summed E-state index contributed by atoms with van der Waals surface area (Å²) in [6.07, 6.45) is 0.0451. The third-order valence-corrected chi connectivity index (χ3v) is 5.31. The highest BCUT2D eigenvalue weighted by molar-refractivity contribution is 6.21. The number of esters is 1. The lowest BCUT2D eigenvalue weighted by Crippen LogP contribution is -2.32. The van der Waals surface area contributed by atoms with E-state index in [1.165, 1.54) is 4.90 Å². The van der Waals surface area contributed by atoms with Crippen molar-refractivity contribution in [1.82, 2.24) is 4.90 Å². The fourth-order valence-electron chi connectivity index (χ4n) is 3.70. The molecule has 6 heteroatoms. The predicted molar refractivity (Wildman–Crippen MR) is 119 cm³/mol. The van der Waals surface area contributed by atoms with Gasteiger partial charge in [0.1, 0.15) is 11.9 Å². The van der Waals surface area contributed by atoms with Crippen LogP contribution < -0.4 is 4.74 Å². The van der Waals surface area contributed by atoms with Gasteiger partial charge in [0.15, 0.2) is 0 Å². The largest absolute Gasteiger partial charge is 0.486 e. The number of fused-ring (bicyclic) bond motifs is 1. The molecule has 0 aliphatic carbocycles. The molecule has 1 heterocycles. The van der Waals surface area contributed by atoms with Gasteiger partial charge in [-0.15, -0.1) is 0 Å². The first-order valence-corrected chi connectivity index (χ1v) is 10.5. The molecule has 0 fully saturated rings. The Balaban J connectivity index is 1.49. The Labute approximate surface area is 186 Å². The normalized spacial score (nSPS) is 13.6. The van der Waals surface area contributed by atoms with Crippen LogP contribution in [0.15, 0.2) is 78.9 Å². The van der Waals surface area contributed by atoms with Crippen LogP contribution in [-0.4, -0.2) is 35.8 Å². The predicted octanol–water partition coefficient (Wildman–Crippen LogP) is 4.67. The zero-order chi connectivity index (χ0) is 22.5. The second-order valence-corrected chi connectivity index (χ2v) is 7.36. The van der Waals surface area contributed by atoms with Crippen molar-refractivity contribution in [1.29, 1.82) is 0 Å². The first-order valence-electron chi connectivity index (χ1n) is 10.5. The van der Waals surface area contributed by atoms with Crippen LogP contribution in [0.25, 0.3) is 0 Å². The van der Waals surface area contributed by atoms with Gasteiger partial charge in [-0.2, -0.15) is 0 Å². The van der Waals surface area contributed by atoms with E-state index in [2.05, 4.69) is 0 Å². The zero-order valence-electron chi connectivity index (χ0n) is 17.7. The number of imide groups is 1. The van der Waals surface area contributed by atoms with Crippen LogP contribution in [0.5, 0.6) is 5.75 Å². The van der Waals surface area contributed by atoms with E-state index in [9.17, 15) is 14.4 Å². The van der Waals surface area contributed by atoms with Crippen LogP contribution in [0.2, 0.25) is 0 Å². The van der Waals surface area contributed by atoms with Gasteiger partial charge < -0.3 is 9.47 Å². The molecule has 3 aromatic rings. The van der Waals surface area contributed by atoms with Gasteiger partial charge in [0.2, 0.25) is 0 Å². The van der Waals surface area contributed by atoms with E-state index >= 15 is 0 Å². The number of benzene rings is 3. The average molecular weight is 429 g/mol. The summed E-state index contributed by atoms with van der Waals surface area (Å²) in [5, 5.41) is 0. The molecule has 162 valence electrons. The number of carbonyl (C=O) groups excluding carboxylic acids is 3. The minimum atomic E-state index is -0.385. The van der Waals surface area contributed by atoms with Crippen molar-refractivity contribution >= 4 is 17.8 Å². The lowest BCUT2D eigenvalue weighted by atomic mass is 10.1. The summed E-state index contributed by atoms with van der Waals surface area (Å²) >= 11 is 0. The minimum Gasteiger partial charge on any atom is -0.486 e. The summed E-state index contributed by atoms with van der Waals surface area (Å²) in [5.41, 5.74) is 2.24. The number of carbonyl (C=O) groups is 3. The zero-order valence-corrected chi connectivity index (χ0v) is 17.7. The van der Waals surface area contributed by atoms with Gasteiger partial charge in [0.05, 0.1) is 23.3 Å². The van der Waals surface area contributed by atoms with Crippen molar-refractivity contribution in [3.05, 3.63) is 101 Å². The Morgan fingerprint density at radius 2 is 1.44 bits per heavy atom. The van der Waals surface area contributed by atoms with Crippen molar-refractivity contribution in [3.63, 3.8) is 0 Å². The first-order chi connectivity index (χ1) is 15.6. The van der Waals surface area contributed by atoms with Crippen LogP contribution in [0.3, 0.4) is 0 Å². The number of rotatable bonds is 8. The Morgan fingerprint density at radius 1 is 0.844 bits per heavy atom. The third-order valence-electron chi connectivity index (χ3n) is 5.31. The van der Waals surface area contributed by atoms with Crippen molar-refractivity contribution < 1.29 is 23.9 Å². The smallest absolute Gasteiger partial charge is 0.338 e. The summed E-state index contributed by atoms with van der Waals surface area (Å²) in [4.78, 5) is 38.5. The van der Waals surface area contributed by atoms with E-state index in [1.54, 1.807) is 55.5 Å². The summed E-state index contributed by atoms with van der Waals surface area (Å²) < 4.78 is 11.2. The fraction of sp³-hybridized carbons (Fsp3) is 0.192. The number of hydrogen-bond donors (Lipinski definition) is 0. The molecule has 3 aromatic carbocycles. The molecule has 32 heavy (non-hydrogen) atoms. The highest BCUT2D eigenvalue weighted by Gasteiger charge is 2.35. The molecule has 1 aliphatic heterocycles. The number of hydrogen-bond acceptors (Lipinski definition) is 5. The van der Waals surface area contributed by atoms with E-state index in [0.717, 1.165) is 5.56 Å². The maximum atomic E-state index is 12.7. The fourth-order valence-corrected chi connectivity index (χ4v) is 3.70. The van der Waals surface area contributed by atoms with Gasteiger partial charge in [0, 0.05) is 13.0 Å². The van der Waals surface area contributed by atoms with E-state index in [4.69, 9.17) is 9.47 Å². The van der Waals surface area contributed by atoms with Gasteiger partial charge >= 0.3 is 5.97 Å². The highest BCUT2D eigenvalue weighted by Crippen LogP contribution is 2.28. The minimum absolute atomic E-state index is 0.229. The lowest BCUT2D eigenvalue weighted by Gasteiger charge is -2.22. The summed E-state index contributed by atoms with van der Waals surface area (Å²) in [7, 11) is 0. The van der Waals surface area contributed by atoms with Crippen LogP contribution >= 0.6 is 0 Å². The Hall–Kier alpha value is -3.93. The van der Waals surface area contributed by atoms with Gasteiger partial charge in [-0.1, -0.05) is 42.5 Å². The van der Waals surface area contributed by atoms with Crippen molar-refractivity contribution in [2.75, 3.05) is 13.2 Å². The Morgan fingerprint density at radius 3 is 2.03 bits per heavy atom. The van der Waals surface area contributed by atoms with Gasteiger partial charge in [0.25, 0.3) is 11.8 Å². The summed E-state index contributed by atoms with van der Waals surface area (Å²) in [5.74, 6) is -0.369. The Bertz CT molecular complexity index is 1090. The average Bonchev–Trinajstić information content (AvgIpc) is 3.07.